The minimum Gasteiger partial charge on any atom is -0.508 e. The van der Waals surface area contributed by atoms with Crippen molar-refractivity contribution in [3.8, 4) is 5.75 Å². The molecule has 1 N–H and O–H groups in total. The van der Waals surface area contributed by atoms with E-state index < -0.39 is 4.92 Å². The van der Waals surface area contributed by atoms with Gasteiger partial charge in [0.15, 0.2) is 0 Å². The number of carbonyl (C=O) groups excluding carboxylic acids is 1. The first kappa shape index (κ1) is 19.0. The summed E-state index contributed by atoms with van der Waals surface area (Å²) >= 11 is 0. The van der Waals surface area contributed by atoms with Gasteiger partial charge < -0.3 is 5.11 Å². The minimum absolute atomic E-state index is 0.0639. The molecule has 142 valence electrons. The highest BCUT2D eigenvalue weighted by Crippen LogP contribution is 2.38. The lowest BCUT2D eigenvalue weighted by Crippen LogP contribution is -2.60. The lowest BCUT2D eigenvalue weighted by atomic mass is 10.1. The molecular formula is C20H24N3O4+. The second kappa shape index (κ2) is 7.85. The molecule has 0 saturated carbocycles. The van der Waals surface area contributed by atoms with E-state index in [9.17, 15) is 20.0 Å². The maximum atomic E-state index is 11.7. The standard InChI is InChI=1S/C20H23N3O4/c1-16(24)14-21-9-11-23(12-10-21,15-17-5-3-2-4-6-17)20-8-7-18(25)13-19(20)22(26)27/h2-8,13H,9-12,14-15H2,1H3/p+1. The summed E-state index contributed by atoms with van der Waals surface area (Å²) in [6.45, 7) is 5.30. The molecule has 1 heterocycles. The van der Waals surface area contributed by atoms with Gasteiger partial charge in [0.2, 0.25) is 5.69 Å². The SMILES string of the molecule is CC(=O)CN1CC[N+](Cc2ccccc2)(c2ccc(O)cc2[N+](=O)[O-])CC1. The molecule has 0 aromatic heterocycles. The van der Waals surface area contributed by atoms with Crippen LogP contribution < -0.4 is 4.48 Å². The summed E-state index contributed by atoms with van der Waals surface area (Å²) in [7, 11) is 0. The molecule has 1 fully saturated rings. The van der Waals surface area contributed by atoms with Gasteiger partial charge >= 0.3 is 5.69 Å². The number of carbonyl (C=O) groups is 1. The number of Topliss-reactive ketones (excluding diaryl/α,β-unsaturated/α-hetero) is 1. The average Bonchev–Trinajstić information content (AvgIpc) is 2.64. The lowest BCUT2D eigenvalue weighted by molar-refractivity contribution is -0.385. The molecule has 0 bridgehead atoms. The van der Waals surface area contributed by atoms with Crippen molar-refractivity contribution in [2.75, 3.05) is 32.7 Å². The molecule has 1 aliphatic heterocycles. The Kier molecular flexibility index (Phi) is 5.53. The Morgan fingerprint density at radius 1 is 1.19 bits per heavy atom. The van der Waals surface area contributed by atoms with Crippen molar-refractivity contribution in [3.05, 3.63) is 64.2 Å². The van der Waals surface area contributed by atoms with Crippen LogP contribution in [0.3, 0.4) is 0 Å². The third kappa shape index (κ3) is 4.32. The minimum atomic E-state index is -0.429. The molecule has 0 radical (unpaired) electrons. The number of aromatic hydroxyl groups is 1. The fourth-order valence-corrected chi connectivity index (χ4v) is 3.84. The van der Waals surface area contributed by atoms with Crippen molar-refractivity contribution in [2.24, 2.45) is 0 Å². The van der Waals surface area contributed by atoms with Gasteiger partial charge in [0.1, 0.15) is 18.1 Å². The molecule has 0 atom stereocenters. The largest absolute Gasteiger partial charge is 0.508 e. The number of ketones is 1. The number of nitro benzene ring substituents is 1. The summed E-state index contributed by atoms with van der Waals surface area (Å²) in [5.74, 6) is 0.00667. The van der Waals surface area contributed by atoms with E-state index in [0.29, 0.717) is 49.4 Å². The van der Waals surface area contributed by atoms with Gasteiger partial charge in [-0.05, 0) is 13.0 Å². The van der Waals surface area contributed by atoms with Gasteiger partial charge in [0.25, 0.3) is 0 Å². The van der Waals surface area contributed by atoms with Gasteiger partial charge in [0.05, 0.1) is 30.6 Å². The lowest BCUT2D eigenvalue weighted by Gasteiger charge is -2.44. The third-order valence-corrected chi connectivity index (χ3v) is 5.13. The Hall–Kier alpha value is -2.77. The number of hydrogen-bond donors (Lipinski definition) is 1. The van der Waals surface area contributed by atoms with Crippen LogP contribution in [0.25, 0.3) is 0 Å². The molecule has 7 heteroatoms. The van der Waals surface area contributed by atoms with E-state index in [0.717, 1.165) is 5.56 Å². The van der Waals surface area contributed by atoms with E-state index >= 15 is 0 Å². The average molecular weight is 370 g/mol. The van der Waals surface area contributed by atoms with E-state index in [-0.39, 0.29) is 17.2 Å². The van der Waals surface area contributed by atoms with Gasteiger partial charge in [-0.15, -0.1) is 0 Å². The van der Waals surface area contributed by atoms with Crippen LogP contribution in [0.15, 0.2) is 48.5 Å². The fourth-order valence-electron chi connectivity index (χ4n) is 3.84. The maximum Gasteiger partial charge on any atom is 0.333 e. The molecule has 2 aromatic rings. The summed E-state index contributed by atoms with van der Waals surface area (Å²) in [6.07, 6.45) is 0. The molecule has 3 rings (SSSR count). The Morgan fingerprint density at radius 3 is 2.44 bits per heavy atom. The van der Waals surface area contributed by atoms with E-state index in [1.165, 1.54) is 12.1 Å². The van der Waals surface area contributed by atoms with Crippen LogP contribution >= 0.6 is 0 Å². The topological polar surface area (TPSA) is 83.7 Å². The van der Waals surface area contributed by atoms with Crippen molar-refractivity contribution < 1.29 is 14.8 Å². The number of benzene rings is 2. The van der Waals surface area contributed by atoms with Crippen molar-refractivity contribution in [1.29, 1.82) is 0 Å². The van der Waals surface area contributed by atoms with Crippen LogP contribution in [0.4, 0.5) is 11.4 Å². The number of rotatable bonds is 6. The Balaban J connectivity index is 1.99. The third-order valence-electron chi connectivity index (χ3n) is 5.13. The summed E-state index contributed by atoms with van der Waals surface area (Å²) in [5, 5.41) is 21.4. The normalized spacial score (nSPS) is 16.8. The van der Waals surface area contributed by atoms with Crippen molar-refractivity contribution >= 4 is 17.2 Å². The zero-order valence-corrected chi connectivity index (χ0v) is 15.4. The molecule has 2 aromatic carbocycles. The molecule has 7 nitrogen and oxygen atoms in total. The number of piperazine rings is 1. The van der Waals surface area contributed by atoms with Crippen LogP contribution in [-0.4, -0.2) is 53.4 Å². The van der Waals surface area contributed by atoms with E-state index in [2.05, 4.69) is 4.90 Å². The van der Waals surface area contributed by atoms with Crippen molar-refractivity contribution in [3.63, 3.8) is 0 Å². The van der Waals surface area contributed by atoms with Gasteiger partial charge in [-0.1, -0.05) is 30.3 Å². The molecular weight excluding hydrogens is 346 g/mol. The van der Waals surface area contributed by atoms with Crippen LogP contribution in [0, 0.1) is 10.1 Å². The quantitative estimate of drug-likeness (QED) is 0.480. The first-order valence-corrected chi connectivity index (χ1v) is 8.99. The number of hydrogen-bond acceptors (Lipinski definition) is 5. The summed E-state index contributed by atoms with van der Waals surface area (Å²) in [5.41, 5.74) is 1.63. The fraction of sp³-hybridized carbons (Fsp3) is 0.350. The summed E-state index contributed by atoms with van der Waals surface area (Å²) in [4.78, 5) is 24.8. The van der Waals surface area contributed by atoms with Crippen molar-refractivity contribution in [2.45, 2.75) is 13.5 Å². The van der Waals surface area contributed by atoms with Gasteiger partial charge in [-0.3, -0.25) is 24.3 Å². The molecule has 1 aliphatic rings. The van der Waals surface area contributed by atoms with Crippen LogP contribution in [0.1, 0.15) is 12.5 Å². The van der Waals surface area contributed by atoms with Crippen LogP contribution in [-0.2, 0) is 11.3 Å². The molecule has 27 heavy (non-hydrogen) atoms. The Labute approximate surface area is 158 Å². The molecule has 0 spiro atoms. The predicted octanol–water partition coefficient (Wildman–Crippen LogP) is 2.71. The predicted molar refractivity (Wildman–Crippen MR) is 104 cm³/mol. The van der Waals surface area contributed by atoms with E-state index in [1.54, 1.807) is 13.0 Å². The zero-order chi connectivity index (χ0) is 19.4. The van der Waals surface area contributed by atoms with Gasteiger partial charge in [0, 0.05) is 24.7 Å². The van der Waals surface area contributed by atoms with Gasteiger partial charge in [-0.25, -0.2) is 0 Å². The first-order chi connectivity index (χ1) is 12.9. The number of phenolic OH excluding ortho intramolecular Hbond substituents is 1. The smallest absolute Gasteiger partial charge is 0.333 e. The maximum absolute atomic E-state index is 11.7. The number of phenols is 1. The second-order valence-electron chi connectivity index (χ2n) is 7.14. The van der Waals surface area contributed by atoms with E-state index in [4.69, 9.17) is 0 Å². The first-order valence-electron chi connectivity index (χ1n) is 8.99. The number of nitrogens with zero attached hydrogens (tertiary/aromatic N) is 3. The number of nitro groups is 1. The van der Waals surface area contributed by atoms with Gasteiger partial charge in [-0.2, -0.15) is 0 Å². The van der Waals surface area contributed by atoms with Crippen LogP contribution in [0.2, 0.25) is 0 Å². The zero-order valence-electron chi connectivity index (χ0n) is 15.4. The highest BCUT2D eigenvalue weighted by Gasteiger charge is 2.40. The monoisotopic (exact) mass is 370 g/mol. The molecule has 1 saturated heterocycles. The molecule has 0 unspecified atom stereocenters. The summed E-state index contributed by atoms with van der Waals surface area (Å²) < 4.78 is 0.426. The second-order valence-corrected chi connectivity index (χ2v) is 7.14. The Bertz CT molecular complexity index is 830. The highest BCUT2D eigenvalue weighted by atomic mass is 16.6. The van der Waals surface area contributed by atoms with Crippen LogP contribution in [0.5, 0.6) is 5.75 Å². The summed E-state index contributed by atoms with van der Waals surface area (Å²) in [6, 6.07) is 14.3. The molecule has 0 aliphatic carbocycles. The highest BCUT2D eigenvalue weighted by molar-refractivity contribution is 5.77. The van der Waals surface area contributed by atoms with E-state index in [1.807, 2.05) is 30.3 Å². The Morgan fingerprint density at radius 2 is 1.85 bits per heavy atom. The van der Waals surface area contributed by atoms with Crippen molar-refractivity contribution in [1.82, 2.24) is 9.38 Å². The molecule has 0 amide bonds. The number of quaternary nitrogens is 1.